The Kier molecular flexibility index (Phi) is 9.54. The fourth-order valence-corrected chi connectivity index (χ4v) is 5.55. The fraction of sp³-hybridized carbons (Fsp3) is 0.367. The molecule has 200 valence electrons. The van der Waals surface area contributed by atoms with Crippen LogP contribution in [0.1, 0.15) is 62.4 Å². The summed E-state index contributed by atoms with van der Waals surface area (Å²) in [7, 11) is 0. The van der Waals surface area contributed by atoms with Crippen molar-refractivity contribution in [1.29, 1.82) is 0 Å². The Labute approximate surface area is 228 Å². The minimum Gasteiger partial charge on any atom is -0.494 e. The molecule has 0 aliphatic heterocycles. The molecule has 1 heterocycles. The third-order valence-corrected chi connectivity index (χ3v) is 7.48. The van der Waals surface area contributed by atoms with Crippen molar-refractivity contribution in [2.75, 3.05) is 16.8 Å². The van der Waals surface area contributed by atoms with Gasteiger partial charge in [0.1, 0.15) is 11.8 Å². The first-order valence-electron chi connectivity index (χ1n) is 13.2. The van der Waals surface area contributed by atoms with Crippen LogP contribution >= 0.6 is 11.3 Å². The molecule has 2 aromatic carbocycles. The van der Waals surface area contributed by atoms with Crippen molar-refractivity contribution in [3.8, 4) is 5.75 Å². The zero-order valence-corrected chi connectivity index (χ0v) is 22.8. The number of anilines is 2. The second-order valence-corrected chi connectivity index (χ2v) is 10.5. The molecule has 1 saturated carbocycles. The molecule has 4 rings (SSSR count). The zero-order chi connectivity index (χ0) is 26.9. The molecule has 1 atom stereocenters. The molecule has 1 aromatic heterocycles. The molecule has 7 nitrogen and oxygen atoms in total. The summed E-state index contributed by atoms with van der Waals surface area (Å²) in [5.41, 5.74) is 1.90. The first kappa shape index (κ1) is 27.4. The highest BCUT2D eigenvalue weighted by Gasteiger charge is 2.34. The summed E-state index contributed by atoms with van der Waals surface area (Å²) in [4.78, 5) is 41.9. The minimum atomic E-state index is -0.869. The molecule has 0 bridgehead atoms. The standard InChI is InChI=1S/C30H35N3O4S/c1-3-37-26-17-11-22(12-18-26)29(30(36)32-23-8-5-4-6-9-23)33(28(35)20-27-10-7-19-38-27)25-15-13-24(14-16-25)31-21(2)34/h7,10-19,23,29H,3-6,8-9,20H2,1-2H3,(H,31,34)(H,32,36)/t29-/m1/s1. The van der Waals surface area contributed by atoms with Gasteiger partial charge in [-0.05, 0) is 73.2 Å². The molecule has 0 spiro atoms. The van der Waals surface area contributed by atoms with Crippen molar-refractivity contribution in [1.82, 2.24) is 5.32 Å². The lowest BCUT2D eigenvalue weighted by molar-refractivity contribution is -0.127. The molecule has 3 aromatic rings. The number of hydrogen-bond acceptors (Lipinski definition) is 5. The van der Waals surface area contributed by atoms with Gasteiger partial charge in [0.05, 0.1) is 13.0 Å². The molecule has 1 fully saturated rings. The van der Waals surface area contributed by atoms with Gasteiger partial charge in [-0.3, -0.25) is 19.3 Å². The number of amides is 3. The van der Waals surface area contributed by atoms with Crippen LogP contribution < -0.4 is 20.3 Å². The van der Waals surface area contributed by atoms with Gasteiger partial charge in [-0.1, -0.05) is 37.5 Å². The van der Waals surface area contributed by atoms with Crippen molar-refractivity contribution in [2.45, 2.75) is 64.5 Å². The average Bonchev–Trinajstić information content (AvgIpc) is 3.42. The van der Waals surface area contributed by atoms with E-state index < -0.39 is 6.04 Å². The summed E-state index contributed by atoms with van der Waals surface area (Å²) in [5, 5.41) is 7.94. The van der Waals surface area contributed by atoms with Crippen LogP contribution in [0.4, 0.5) is 11.4 Å². The second-order valence-electron chi connectivity index (χ2n) is 9.50. The van der Waals surface area contributed by atoms with Gasteiger partial charge in [-0.15, -0.1) is 11.3 Å². The van der Waals surface area contributed by atoms with Gasteiger partial charge >= 0.3 is 0 Å². The maximum absolute atomic E-state index is 14.0. The number of carbonyl (C=O) groups is 3. The number of nitrogens with zero attached hydrogens (tertiary/aromatic N) is 1. The molecule has 1 aliphatic rings. The van der Waals surface area contributed by atoms with Gasteiger partial charge in [0, 0.05) is 29.2 Å². The zero-order valence-electron chi connectivity index (χ0n) is 21.9. The highest BCUT2D eigenvalue weighted by Crippen LogP contribution is 2.32. The SMILES string of the molecule is CCOc1ccc([C@H](C(=O)NC2CCCCC2)N(C(=O)Cc2cccs2)c2ccc(NC(C)=O)cc2)cc1. The van der Waals surface area contributed by atoms with E-state index in [1.165, 1.54) is 24.7 Å². The van der Waals surface area contributed by atoms with E-state index in [0.717, 1.165) is 30.6 Å². The van der Waals surface area contributed by atoms with Gasteiger partial charge in [0.2, 0.25) is 17.7 Å². The lowest BCUT2D eigenvalue weighted by Crippen LogP contribution is -2.47. The smallest absolute Gasteiger partial charge is 0.248 e. The normalized spacial score (nSPS) is 14.4. The highest BCUT2D eigenvalue weighted by atomic mass is 32.1. The third-order valence-electron chi connectivity index (χ3n) is 6.61. The van der Waals surface area contributed by atoms with Crippen LogP contribution in [0.15, 0.2) is 66.0 Å². The Morgan fingerprint density at radius 2 is 1.71 bits per heavy atom. The predicted molar refractivity (Wildman–Crippen MR) is 152 cm³/mol. The monoisotopic (exact) mass is 533 g/mol. The number of benzene rings is 2. The average molecular weight is 534 g/mol. The number of thiophene rings is 1. The van der Waals surface area contributed by atoms with E-state index in [4.69, 9.17) is 4.74 Å². The molecule has 8 heteroatoms. The molecular formula is C30H35N3O4S. The Balaban J connectivity index is 1.74. The number of rotatable bonds is 10. The van der Waals surface area contributed by atoms with Gasteiger partial charge < -0.3 is 15.4 Å². The summed E-state index contributed by atoms with van der Waals surface area (Å²) < 4.78 is 5.62. The Morgan fingerprint density at radius 3 is 2.32 bits per heavy atom. The van der Waals surface area contributed by atoms with Crippen LogP contribution in [0, 0.1) is 0 Å². The number of hydrogen-bond donors (Lipinski definition) is 2. The van der Waals surface area contributed by atoms with Gasteiger partial charge in [0.25, 0.3) is 0 Å². The lowest BCUT2D eigenvalue weighted by atomic mass is 9.94. The Morgan fingerprint density at radius 1 is 1.00 bits per heavy atom. The van der Waals surface area contributed by atoms with E-state index in [2.05, 4.69) is 10.6 Å². The lowest BCUT2D eigenvalue weighted by Gasteiger charge is -2.33. The molecule has 1 aliphatic carbocycles. The molecule has 0 radical (unpaired) electrons. The fourth-order valence-electron chi connectivity index (χ4n) is 4.85. The first-order valence-corrected chi connectivity index (χ1v) is 14.1. The van der Waals surface area contributed by atoms with E-state index in [1.54, 1.807) is 29.2 Å². The van der Waals surface area contributed by atoms with Crippen LogP contribution in [0.25, 0.3) is 0 Å². The van der Waals surface area contributed by atoms with Crippen molar-refractivity contribution in [2.24, 2.45) is 0 Å². The summed E-state index contributed by atoms with van der Waals surface area (Å²) in [5.74, 6) is 0.144. The van der Waals surface area contributed by atoms with E-state index in [1.807, 2.05) is 48.7 Å². The largest absolute Gasteiger partial charge is 0.494 e. The van der Waals surface area contributed by atoms with E-state index in [9.17, 15) is 14.4 Å². The van der Waals surface area contributed by atoms with Gasteiger partial charge in [-0.2, -0.15) is 0 Å². The molecule has 0 saturated heterocycles. The molecule has 0 unspecified atom stereocenters. The van der Waals surface area contributed by atoms with E-state index >= 15 is 0 Å². The number of carbonyl (C=O) groups excluding carboxylic acids is 3. The van der Waals surface area contributed by atoms with Crippen molar-refractivity contribution in [3.05, 3.63) is 76.5 Å². The van der Waals surface area contributed by atoms with E-state index in [0.29, 0.717) is 29.3 Å². The first-order chi connectivity index (χ1) is 18.4. The summed E-state index contributed by atoms with van der Waals surface area (Å²) in [6.45, 7) is 3.91. The van der Waals surface area contributed by atoms with Crippen LogP contribution in [0.5, 0.6) is 5.75 Å². The minimum absolute atomic E-state index is 0.0952. The summed E-state index contributed by atoms with van der Waals surface area (Å²) >= 11 is 1.51. The Hall–Kier alpha value is -3.65. The highest BCUT2D eigenvalue weighted by molar-refractivity contribution is 7.10. The van der Waals surface area contributed by atoms with E-state index in [-0.39, 0.29) is 30.2 Å². The third kappa shape index (κ3) is 7.22. The molecule has 38 heavy (non-hydrogen) atoms. The summed E-state index contributed by atoms with van der Waals surface area (Å²) in [6.07, 6.45) is 5.41. The van der Waals surface area contributed by atoms with Gasteiger partial charge in [0.15, 0.2) is 0 Å². The van der Waals surface area contributed by atoms with Crippen LogP contribution in [0.2, 0.25) is 0 Å². The van der Waals surface area contributed by atoms with Crippen LogP contribution in [0.3, 0.4) is 0 Å². The van der Waals surface area contributed by atoms with Crippen molar-refractivity contribution in [3.63, 3.8) is 0 Å². The quantitative estimate of drug-likeness (QED) is 0.341. The van der Waals surface area contributed by atoms with Crippen molar-refractivity contribution < 1.29 is 19.1 Å². The molecule has 2 N–H and O–H groups in total. The van der Waals surface area contributed by atoms with Crippen LogP contribution in [-0.2, 0) is 20.8 Å². The molecular weight excluding hydrogens is 498 g/mol. The molecule has 3 amide bonds. The summed E-state index contributed by atoms with van der Waals surface area (Å²) in [6, 6.07) is 17.5. The number of nitrogens with one attached hydrogen (secondary N) is 2. The maximum Gasteiger partial charge on any atom is 0.248 e. The maximum atomic E-state index is 14.0. The van der Waals surface area contributed by atoms with Crippen molar-refractivity contribution >= 4 is 40.4 Å². The Bertz CT molecular complexity index is 1200. The predicted octanol–water partition coefficient (Wildman–Crippen LogP) is 5.87. The van der Waals surface area contributed by atoms with Crippen LogP contribution in [-0.4, -0.2) is 30.4 Å². The second kappa shape index (κ2) is 13.2. The topological polar surface area (TPSA) is 87.7 Å². The van der Waals surface area contributed by atoms with Gasteiger partial charge in [-0.25, -0.2) is 0 Å². The number of ether oxygens (including phenoxy) is 1.